The third-order valence-corrected chi connectivity index (χ3v) is 4.68. The monoisotopic (exact) mass is 395 g/mol. The van der Waals surface area contributed by atoms with Gasteiger partial charge in [0.15, 0.2) is 0 Å². The zero-order valence-electron chi connectivity index (χ0n) is 15.5. The Morgan fingerprint density at radius 1 is 1.21 bits per heavy atom. The molecule has 3 aliphatic rings. The maximum absolute atomic E-state index is 12.8. The van der Waals surface area contributed by atoms with E-state index in [9.17, 15) is 19.2 Å². The van der Waals surface area contributed by atoms with Crippen LogP contribution in [0.3, 0.4) is 0 Å². The number of nitrogens with one attached hydrogen (secondary N) is 2. The second-order valence-electron chi connectivity index (χ2n) is 6.51. The summed E-state index contributed by atoms with van der Waals surface area (Å²) in [6.45, 7) is 0.836. The van der Waals surface area contributed by atoms with Gasteiger partial charge < -0.3 is 19.5 Å². The molecule has 3 heterocycles. The number of aromatic amines is 1. The number of carbonyl (C=O) groups excluding carboxylic acids is 3. The molecule has 0 radical (unpaired) electrons. The van der Waals surface area contributed by atoms with E-state index in [1.807, 2.05) is 0 Å². The van der Waals surface area contributed by atoms with Crippen LogP contribution < -0.4 is 10.9 Å². The van der Waals surface area contributed by atoms with Crippen molar-refractivity contribution in [1.29, 1.82) is 0 Å². The lowest BCUT2D eigenvalue weighted by Crippen LogP contribution is -2.49. The van der Waals surface area contributed by atoms with E-state index in [-0.39, 0.29) is 35.2 Å². The average Bonchev–Trinajstić information content (AvgIpc) is 3.13. The average molecular weight is 395 g/mol. The molecule has 0 aromatic heterocycles. The number of rotatable bonds is 3. The van der Waals surface area contributed by atoms with Crippen molar-refractivity contribution in [2.75, 3.05) is 26.7 Å². The molecule has 1 saturated heterocycles. The molecule has 4 rings (SSSR count). The fraction of sp³-hybridized carbons (Fsp3) is 0.211. The molecule has 148 valence electrons. The van der Waals surface area contributed by atoms with Gasteiger partial charge in [0.05, 0.1) is 19.2 Å². The van der Waals surface area contributed by atoms with Crippen LogP contribution in [0.5, 0.6) is 0 Å². The Labute approximate surface area is 164 Å². The molecule has 0 unspecified atom stereocenters. The summed E-state index contributed by atoms with van der Waals surface area (Å²) in [7, 11) is 1.24. The molecule has 1 fully saturated rings. The molecular formula is C19H17N5O5. The third kappa shape index (κ3) is 3.35. The molecule has 29 heavy (non-hydrogen) atoms. The number of ether oxygens (including phenoxy) is 1. The summed E-state index contributed by atoms with van der Waals surface area (Å²) in [4.78, 5) is 50.0. The summed E-state index contributed by atoms with van der Waals surface area (Å²) < 4.78 is 6.35. The number of H-pyrrole nitrogens is 1. The first-order valence-corrected chi connectivity index (χ1v) is 8.83. The minimum atomic E-state index is -0.637. The van der Waals surface area contributed by atoms with Gasteiger partial charge in [-0.2, -0.15) is 5.10 Å². The van der Waals surface area contributed by atoms with Crippen molar-refractivity contribution in [2.24, 2.45) is 0 Å². The topological polar surface area (TPSA) is 126 Å². The predicted octanol–water partition coefficient (Wildman–Crippen LogP) is 0.0240. The van der Waals surface area contributed by atoms with Crippen LogP contribution in [0.15, 0.2) is 41.5 Å². The van der Waals surface area contributed by atoms with Gasteiger partial charge in [0.2, 0.25) is 5.91 Å². The molecule has 0 saturated carbocycles. The Hall–Kier alpha value is -3.95. The van der Waals surface area contributed by atoms with Crippen LogP contribution in [-0.2, 0) is 9.53 Å². The third-order valence-electron chi connectivity index (χ3n) is 4.68. The molecule has 1 aromatic rings. The quantitative estimate of drug-likeness (QED) is 0.602. The number of piperazine rings is 1. The fourth-order valence-corrected chi connectivity index (χ4v) is 3.24. The van der Waals surface area contributed by atoms with Crippen molar-refractivity contribution in [3.8, 4) is 16.9 Å². The van der Waals surface area contributed by atoms with Crippen molar-refractivity contribution in [2.45, 2.75) is 0 Å². The van der Waals surface area contributed by atoms with Crippen molar-refractivity contribution in [1.82, 2.24) is 25.0 Å². The number of nitrogens with zero attached hydrogens (tertiary/aromatic N) is 3. The summed E-state index contributed by atoms with van der Waals surface area (Å²) in [6.07, 6.45) is 3.03. The first kappa shape index (κ1) is 18.4. The highest BCUT2D eigenvalue weighted by Crippen LogP contribution is 2.23. The van der Waals surface area contributed by atoms with E-state index in [1.165, 1.54) is 24.4 Å². The molecule has 10 heteroatoms. The Kier molecular flexibility index (Phi) is 4.59. The molecular weight excluding hydrogens is 378 g/mol. The van der Waals surface area contributed by atoms with E-state index in [4.69, 9.17) is 4.74 Å². The van der Waals surface area contributed by atoms with Gasteiger partial charge in [-0.1, -0.05) is 6.07 Å². The Balaban J connectivity index is 1.76. The summed E-state index contributed by atoms with van der Waals surface area (Å²) in [5.74, 6) is -1.11. The standard InChI is InChI=1S/C19H17N5O5/c1-29-19(28)14-9-24(8-13-16(14)21-22-17(13)26)12-4-2-3-11(7-12)18(27)23-6-5-20-15(25)10-23/h2-4,7-9H,5-6,10H2,1H3,(H,20,25)(H,22,26). The minimum Gasteiger partial charge on any atom is -0.465 e. The van der Waals surface area contributed by atoms with Crippen LogP contribution in [0.4, 0.5) is 0 Å². The molecule has 0 spiro atoms. The highest BCUT2D eigenvalue weighted by atomic mass is 16.5. The second-order valence-corrected chi connectivity index (χ2v) is 6.51. The lowest BCUT2D eigenvalue weighted by Gasteiger charge is -2.26. The van der Waals surface area contributed by atoms with Crippen LogP contribution in [0, 0.1) is 0 Å². The summed E-state index contributed by atoms with van der Waals surface area (Å²) in [5, 5.41) is 8.89. The summed E-state index contributed by atoms with van der Waals surface area (Å²) in [6, 6.07) is 6.70. The largest absolute Gasteiger partial charge is 0.465 e. The predicted molar refractivity (Wildman–Crippen MR) is 101 cm³/mol. The van der Waals surface area contributed by atoms with Gasteiger partial charge in [0.1, 0.15) is 11.3 Å². The smallest absolute Gasteiger partial charge is 0.341 e. The highest BCUT2D eigenvalue weighted by Gasteiger charge is 2.24. The fourth-order valence-electron chi connectivity index (χ4n) is 3.24. The van der Waals surface area contributed by atoms with Gasteiger partial charge in [-0.3, -0.25) is 14.4 Å². The van der Waals surface area contributed by atoms with Gasteiger partial charge in [0, 0.05) is 36.7 Å². The number of benzene rings is 1. The van der Waals surface area contributed by atoms with E-state index in [1.54, 1.807) is 28.8 Å². The number of hydrogen-bond acceptors (Lipinski definition) is 6. The normalized spacial score (nSPS) is 14.0. The van der Waals surface area contributed by atoms with Gasteiger partial charge in [-0.25, -0.2) is 9.89 Å². The molecule has 0 atom stereocenters. The number of fused-ring (bicyclic) bond motifs is 1. The van der Waals surface area contributed by atoms with Crippen molar-refractivity contribution < 1.29 is 19.1 Å². The molecule has 0 bridgehead atoms. The Bertz CT molecular complexity index is 1150. The molecule has 0 aliphatic carbocycles. The van der Waals surface area contributed by atoms with Crippen LogP contribution >= 0.6 is 0 Å². The lowest BCUT2D eigenvalue weighted by molar-refractivity contribution is -0.123. The van der Waals surface area contributed by atoms with Crippen LogP contribution in [0.25, 0.3) is 16.9 Å². The van der Waals surface area contributed by atoms with Gasteiger partial charge in [0.25, 0.3) is 11.5 Å². The molecule has 2 N–H and O–H groups in total. The summed E-state index contributed by atoms with van der Waals surface area (Å²) >= 11 is 0. The minimum absolute atomic E-state index is 0.00319. The van der Waals surface area contributed by atoms with Crippen LogP contribution in [0.1, 0.15) is 20.7 Å². The van der Waals surface area contributed by atoms with Gasteiger partial charge in [-0.05, 0) is 18.2 Å². The first-order chi connectivity index (χ1) is 14.0. The number of pyridine rings is 1. The molecule has 1 aromatic carbocycles. The number of esters is 1. The van der Waals surface area contributed by atoms with E-state index in [0.29, 0.717) is 24.3 Å². The lowest BCUT2D eigenvalue weighted by atomic mass is 10.1. The first-order valence-electron chi connectivity index (χ1n) is 8.83. The molecule has 2 amide bonds. The molecule has 10 nitrogen and oxygen atoms in total. The van der Waals surface area contributed by atoms with Crippen molar-refractivity contribution in [3.63, 3.8) is 0 Å². The van der Waals surface area contributed by atoms with E-state index in [2.05, 4.69) is 15.5 Å². The number of hydrogen-bond donors (Lipinski definition) is 2. The van der Waals surface area contributed by atoms with E-state index >= 15 is 0 Å². The number of aromatic nitrogens is 3. The number of carbonyl (C=O) groups is 3. The number of methoxy groups -OCH3 is 1. The van der Waals surface area contributed by atoms with E-state index in [0.717, 1.165) is 0 Å². The SMILES string of the molecule is COC(=O)c1cn(-c2cccc(C(=O)N3CCNC(=O)C3)c2)cc2c(=O)[nH]nc1-2. The molecule has 3 aliphatic heterocycles. The zero-order valence-corrected chi connectivity index (χ0v) is 15.5. The highest BCUT2D eigenvalue weighted by molar-refractivity contribution is 5.98. The van der Waals surface area contributed by atoms with Gasteiger partial charge >= 0.3 is 5.97 Å². The number of amides is 2. The van der Waals surface area contributed by atoms with E-state index < -0.39 is 11.5 Å². The van der Waals surface area contributed by atoms with Gasteiger partial charge in [-0.15, -0.1) is 0 Å². The summed E-state index contributed by atoms with van der Waals surface area (Å²) in [5.41, 5.74) is 1.06. The zero-order chi connectivity index (χ0) is 20.5. The van der Waals surface area contributed by atoms with Crippen molar-refractivity contribution >= 4 is 17.8 Å². The second kappa shape index (κ2) is 7.23. The van der Waals surface area contributed by atoms with Crippen molar-refractivity contribution in [3.05, 3.63) is 58.1 Å². The maximum Gasteiger partial charge on any atom is 0.341 e. The Morgan fingerprint density at radius 3 is 2.79 bits per heavy atom. The van der Waals surface area contributed by atoms with Crippen LogP contribution in [0.2, 0.25) is 0 Å². The Morgan fingerprint density at radius 2 is 2.03 bits per heavy atom. The maximum atomic E-state index is 12.8. The van der Waals surface area contributed by atoms with Crippen LogP contribution in [-0.4, -0.2) is 64.2 Å².